The zero-order valence-electron chi connectivity index (χ0n) is 12.5. The maximum atomic E-state index is 12.3. The van der Waals surface area contributed by atoms with Gasteiger partial charge in [-0.2, -0.15) is 8.42 Å². The van der Waals surface area contributed by atoms with Crippen molar-refractivity contribution in [1.82, 2.24) is 0 Å². The number of carbonyl (C=O) groups is 1. The molecule has 0 aliphatic carbocycles. The second kappa shape index (κ2) is 6.47. The van der Waals surface area contributed by atoms with E-state index in [4.69, 9.17) is 21.5 Å². The minimum Gasteiger partial charge on any atom is -0.397 e. The number of nitrogens with two attached hydrogens (primary N) is 1. The van der Waals surface area contributed by atoms with Crippen molar-refractivity contribution in [3.63, 3.8) is 0 Å². The van der Waals surface area contributed by atoms with Crippen molar-refractivity contribution in [2.75, 3.05) is 11.1 Å². The Morgan fingerprint density at radius 2 is 1.91 bits per heavy atom. The van der Waals surface area contributed by atoms with Crippen LogP contribution in [-0.2, 0) is 14.9 Å². The Bertz CT molecular complexity index is 866. The molecule has 122 valence electrons. The Hall–Kier alpha value is -2.25. The van der Waals surface area contributed by atoms with E-state index in [-0.39, 0.29) is 22.2 Å². The molecule has 0 atom stereocenters. The zero-order valence-corrected chi connectivity index (χ0v) is 14.0. The first kappa shape index (κ1) is 17.1. The summed E-state index contributed by atoms with van der Waals surface area (Å²) in [4.78, 5) is 10.9. The predicted octanol–water partition coefficient (Wildman–Crippen LogP) is 2.96. The van der Waals surface area contributed by atoms with Crippen molar-refractivity contribution in [1.29, 1.82) is 0 Å². The van der Waals surface area contributed by atoms with Crippen molar-refractivity contribution in [3.05, 3.63) is 47.0 Å². The molecule has 23 heavy (non-hydrogen) atoms. The molecule has 2 aromatic rings. The lowest BCUT2D eigenvalue weighted by molar-refractivity contribution is -0.114. The van der Waals surface area contributed by atoms with E-state index in [1.54, 1.807) is 13.0 Å². The van der Waals surface area contributed by atoms with Gasteiger partial charge in [0, 0.05) is 11.9 Å². The van der Waals surface area contributed by atoms with Gasteiger partial charge in [0.2, 0.25) is 5.91 Å². The molecule has 0 aliphatic heterocycles. The van der Waals surface area contributed by atoms with Gasteiger partial charge in [0.25, 0.3) is 0 Å². The standard InChI is InChI=1S/C15H15ClN2O4S/c1-9-7-11(3-5-13(9)16)22-23(20,21)12-4-6-15(14(17)8-12)18-10(2)19/h3-8H,17H2,1-2H3,(H,18,19). The van der Waals surface area contributed by atoms with Crippen LogP contribution in [-0.4, -0.2) is 14.3 Å². The van der Waals surface area contributed by atoms with Gasteiger partial charge in [-0.1, -0.05) is 11.6 Å². The number of nitrogens with one attached hydrogen (secondary N) is 1. The molecule has 0 spiro atoms. The number of anilines is 2. The van der Waals surface area contributed by atoms with Gasteiger partial charge in [0.05, 0.1) is 11.4 Å². The highest BCUT2D eigenvalue weighted by Gasteiger charge is 2.18. The highest BCUT2D eigenvalue weighted by molar-refractivity contribution is 7.87. The van der Waals surface area contributed by atoms with Crippen molar-refractivity contribution >= 4 is 39.0 Å². The molecular weight excluding hydrogens is 340 g/mol. The average Bonchev–Trinajstić information content (AvgIpc) is 2.44. The number of amides is 1. The van der Waals surface area contributed by atoms with Crippen LogP contribution >= 0.6 is 11.6 Å². The van der Waals surface area contributed by atoms with Gasteiger partial charge in [0.15, 0.2) is 0 Å². The fourth-order valence-corrected chi connectivity index (χ4v) is 2.92. The molecule has 8 heteroatoms. The number of benzene rings is 2. The lowest BCUT2D eigenvalue weighted by atomic mass is 10.2. The van der Waals surface area contributed by atoms with E-state index < -0.39 is 10.1 Å². The summed E-state index contributed by atoms with van der Waals surface area (Å²) in [5.74, 6) is -0.156. The molecule has 0 radical (unpaired) electrons. The lowest BCUT2D eigenvalue weighted by Gasteiger charge is -2.11. The van der Waals surface area contributed by atoms with Crippen LogP contribution in [0.4, 0.5) is 11.4 Å². The van der Waals surface area contributed by atoms with E-state index in [0.29, 0.717) is 16.3 Å². The van der Waals surface area contributed by atoms with Crippen molar-refractivity contribution in [2.24, 2.45) is 0 Å². The van der Waals surface area contributed by atoms with Crippen LogP contribution in [0, 0.1) is 6.92 Å². The molecule has 0 aliphatic rings. The van der Waals surface area contributed by atoms with Crippen LogP contribution in [0.1, 0.15) is 12.5 Å². The Labute approximate surface area is 139 Å². The third-order valence-corrected chi connectivity index (χ3v) is 4.62. The first-order valence-corrected chi connectivity index (χ1v) is 8.35. The van der Waals surface area contributed by atoms with Crippen molar-refractivity contribution in [3.8, 4) is 5.75 Å². The van der Waals surface area contributed by atoms with Crippen LogP contribution < -0.4 is 15.2 Å². The number of nitrogen functional groups attached to an aromatic ring is 1. The van der Waals surface area contributed by atoms with Crippen LogP contribution in [0.3, 0.4) is 0 Å². The van der Waals surface area contributed by atoms with E-state index in [0.717, 1.165) is 0 Å². The lowest BCUT2D eigenvalue weighted by Crippen LogP contribution is -2.12. The molecule has 0 fully saturated rings. The monoisotopic (exact) mass is 354 g/mol. The highest BCUT2D eigenvalue weighted by atomic mass is 35.5. The molecule has 3 N–H and O–H groups in total. The summed E-state index contributed by atoms with van der Waals surface area (Å²) in [5.41, 5.74) is 6.90. The number of hydrogen-bond acceptors (Lipinski definition) is 5. The third kappa shape index (κ3) is 4.14. The van der Waals surface area contributed by atoms with Gasteiger partial charge in [0.1, 0.15) is 10.6 Å². The van der Waals surface area contributed by atoms with E-state index >= 15 is 0 Å². The fourth-order valence-electron chi connectivity index (χ4n) is 1.84. The topological polar surface area (TPSA) is 98.5 Å². The summed E-state index contributed by atoms with van der Waals surface area (Å²) < 4.78 is 29.6. The van der Waals surface area contributed by atoms with E-state index in [1.165, 1.54) is 37.3 Å². The van der Waals surface area contributed by atoms with Gasteiger partial charge in [-0.3, -0.25) is 4.79 Å². The smallest absolute Gasteiger partial charge is 0.339 e. The van der Waals surface area contributed by atoms with Gasteiger partial charge in [-0.05, 0) is 48.9 Å². The van der Waals surface area contributed by atoms with Crippen LogP contribution in [0.15, 0.2) is 41.3 Å². The third-order valence-electron chi connectivity index (χ3n) is 2.96. The molecule has 0 saturated heterocycles. The first-order valence-electron chi connectivity index (χ1n) is 6.57. The van der Waals surface area contributed by atoms with Gasteiger partial charge in [-0.15, -0.1) is 0 Å². The van der Waals surface area contributed by atoms with Gasteiger partial charge in [-0.25, -0.2) is 0 Å². The number of rotatable bonds is 4. The molecule has 0 saturated carbocycles. The molecule has 6 nitrogen and oxygen atoms in total. The van der Waals surface area contributed by atoms with Crippen molar-refractivity contribution < 1.29 is 17.4 Å². The van der Waals surface area contributed by atoms with E-state index in [9.17, 15) is 13.2 Å². The molecule has 0 unspecified atom stereocenters. The normalized spacial score (nSPS) is 11.1. The maximum absolute atomic E-state index is 12.3. The molecule has 0 bridgehead atoms. The second-order valence-corrected chi connectivity index (χ2v) is 6.83. The summed E-state index contributed by atoms with van der Waals surface area (Å²) in [5, 5.41) is 3.01. The Kier molecular flexibility index (Phi) is 4.82. The molecule has 1 amide bonds. The number of carbonyl (C=O) groups excluding carboxylic acids is 1. The summed E-state index contributed by atoms with van der Waals surface area (Å²) >= 11 is 5.89. The largest absolute Gasteiger partial charge is 0.397 e. The maximum Gasteiger partial charge on any atom is 0.339 e. The average molecular weight is 355 g/mol. The predicted molar refractivity (Wildman–Crippen MR) is 89.2 cm³/mol. The molecular formula is C15H15ClN2O4S. The summed E-state index contributed by atoms with van der Waals surface area (Å²) in [6.07, 6.45) is 0. The molecule has 0 aromatic heterocycles. The number of aryl methyl sites for hydroxylation is 1. The summed E-state index contributed by atoms with van der Waals surface area (Å²) in [6.45, 7) is 3.07. The van der Waals surface area contributed by atoms with Crippen LogP contribution in [0.2, 0.25) is 5.02 Å². The Morgan fingerprint density at radius 3 is 2.48 bits per heavy atom. The summed E-state index contributed by atoms with van der Waals surface area (Å²) in [6, 6.07) is 8.47. The van der Waals surface area contributed by atoms with Gasteiger partial charge >= 0.3 is 10.1 Å². The quantitative estimate of drug-likeness (QED) is 0.649. The Morgan fingerprint density at radius 1 is 1.22 bits per heavy atom. The van der Waals surface area contributed by atoms with E-state index in [1.807, 2.05) is 0 Å². The Balaban J connectivity index is 2.30. The minimum atomic E-state index is -4.05. The molecule has 0 heterocycles. The van der Waals surface area contributed by atoms with Crippen LogP contribution in [0.25, 0.3) is 0 Å². The first-order chi connectivity index (χ1) is 10.7. The minimum absolute atomic E-state index is 0.114. The number of hydrogen-bond donors (Lipinski definition) is 2. The van der Waals surface area contributed by atoms with Crippen molar-refractivity contribution in [2.45, 2.75) is 18.7 Å². The second-order valence-electron chi connectivity index (χ2n) is 4.88. The summed E-state index contributed by atoms with van der Waals surface area (Å²) in [7, 11) is -4.05. The highest BCUT2D eigenvalue weighted by Crippen LogP contribution is 2.27. The fraction of sp³-hybridized carbons (Fsp3) is 0.133. The van der Waals surface area contributed by atoms with Gasteiger partial charge < -0.3 is 15.2 Å². The zero-order chi connectivity index (χ0) is 17.2. The van der Waals surface area contributed by atoms with Crippen LogP contribution in [0.5, 0.6) is 5.75 Å². The SMILES string of the molecule is CC(=O)Nc1ccc(S(=O)(=O)Oc2ccc(Cl)c(C)c2)cc1N. The molecule has 2 aromatic carbocycles. The van der Waals surface area contributed by atoms with E-state index in [2.05, 4.69) is 5.32 Å². The number of halogens is 1. The molecule has 2 rings (SSSR count).